The molecule has 0 bridgehead atoms. The van der Waals surface area contributed by atoms with E-state index in [0.29, 0.717) is 25.7 Å². The fourth-order valence-electron chi connectivity index (χ4n) is 2.36. The second-order valence-corrected chi connectivity index (χ2v) is 10.7. The van der Waals surface area contributed by atoms with Gasteiger partial charge in [0, 0.05) is 36.8 Å². The van der Waals surface area contributed by atoms with E-state index in [1.54, 1.807) is 0 Å². The van der Waals surface area contributed by atoms with Crippen molar-refractivity contribution in [2.24, 2.45) is 10.8 Å². The molecule has 0 aliphatic heterocycles. The Morgan fingerprint density at radius 1 is 0.469 bits per heavy atom. The Hall–Kier alpha value is -2.30. The fourth-order valence-corrected chi connectivity index (χ4v) is 2.36. The van der Waals surface area contributed by atoms with Crippen molar-refractivity contribution < 1.29 is 89.3 Å². The van der Waals surface area contributed by atoms with Crippen LogP contribution in [0.2, 0.25) is 0 Å². The number of carbonyl (C=O) groups is 6. The van der Waals surface area contributed by atoms with Crippen molar-refractivity contribution in [3.63, 3.8) is 0 Å². The first-order chi connectivity index (χ1) is 22.3. The van der Waals surface area contributed by atoms with E-state index in [4.69, 9.17) is 60.5 Å². The predicted molar refractivity (Wildman–Crippen MR) is 174 cm³/mol. The zero-order valence-electron chi connectivity index (χ0n) is 27.5. The number of aliphatic carboxylic acids is 4. The average molecular weight is 741 g/mol. The molecular formula is C30H53KO18. The molecule has 0 aromatic rings. The van der Waals surface area contributed by atoms with Crippen molar-refractivity contribution in [3.8, 4) is 0 Å². The number of carbonyl (C=O) groups excluding carboxylic acids is 2. The molecule has 49 heavy (non-hydrogen) atoms. The molecule has 0 fully saturated rings. The molecule has 18 nitrogen and oxygen atoms in total. The number of aliphatic hydroxyl groups excluding tert-OH is 6. The zero-order valence-corrected chi connectivity index (χ0v) is 27.5. The summed E-state index contributed by atoms with van der Waals surface area (Å²) in [6.07, 6.45) is 2.04. The summed E-state index contributed by atoms with van der Waals surface area (Å²) in [5.41, 5.74) is -1.89. The summed E-state index contributed by atoms with van der Waals surface area (Å²) in [4.78, 5) is 61.5. The number of aliphatic hydroxyl groups is 6. The number of carboxylic acid groups (broad SMARTS) is 4. The number of unbranched alkanes of at least 4 members (excludes halogenated alkanes) is 2. The van der Waals surface area contributed by atoms with E-state index in [1.807, 2.05) is 0 Å². The van der Waals surface area contributed by atoms with Gasteiger partial charge in [-0.1, -0.05) is 13.2 Å². The first-order valence-corrected chi connectivity index (χ1v) is 14.5. The van der Waals surface area contributed by atoms with Gasteiger partial charge in [-0.2, -0.15) is 0 Å². The summed E-state index contributed by atoms with van der Waals surface area (Å²) in [5, 5.41) is 85.9. The summed E-state index contributed by atoms with van der Waals surface area (Å²) < 4.78 is 9.45. The second kappa shape index (κ2) is 34.2. The summed E-state index contributed by atoms with van der Waals surface area (Å²) in [6, 6.07) is 0. The predicted octanol–water partition coefficient (Wildman–Crippen LogP) is -1.08. The molecule has 0 heterocycles. The number of rotatable bonds is 22. The molecule has 10 N–H and O–H groups in total. The van der Waals surface area contributed by atoms with Gasteiger partial charge in [-0.05, 0) is 39.5 Å². The van der Waals surface area contributed by atoms with Gasteiger partial charge < -0.3 is 60.5 Å². The van der Waals surface area contributed by atoms with Crippen LogP contribution in [-0.2, 0) is 38.2 Å². The minimum absolute atomic E-state index is 0. The Morgan fingerprint density at radius 2 is 0.653 bits per heavy atom. The van der Waals surface area contributed by atoms with Crippen LogP contribution in [0.25, 0.3) is 0 Å². The van der Waals surface area contributed by atoms with Crippen LogP contribution in [0.1, 0.15) is 65.2 Å². The molecular weight excluding hydrogens is 687 g/mol. The van der Waals surface area contributed by atoms with Crippen molar-refractivity contribution >= 4 is 87.2 Å². The molecule has 0 saturated carbocycles. The topological polar surface area (TPSA) is 323 Å². The summed E-state index contributed by atoms with van der Waals surface area (Å²) >= 11 is 0. The van der Waals surface area contributed by atoms with E-state index in [1.165, 1.54) is 13.8 Å². The summed E-state index contributed by atoms with van der Waals surface area (Å²) in [5.74, 6) is -4.69. The second-order valence-electron chi connectivity index (χ2n) is 10.7. The van der Waals surface area contributed by atoms with Gasteiger partial charge in [0.2, 0.25) is 0 Å². The number of ether oxygens (including phenoxy) is 2. The third-order valence-corrected chi connectivity index (χ3v) is 5.79. The summed E-state index contributed by atoms with van der Waals surface area (Å²) in [6.45, 7) is 6.52. The van der Waals surface area contributed by atoms with Crippen LogP contribution >= 0.6 is 0 Å². The van der Waals surface area contributed by atoms with Crippen LogP contribution < -0.4 is 0 Å². The average Bonchev–Trinajstić information content (AvgIpc) is 3.03. The number of hydrogen-bond donors (Lipinski definition) is 10. The van der Waals surface area contributed by atoms with Crippen LogP contribution in [0.5, 0.6) is 0 Å². The van der Waals surface area contributed by atoms with Gasteiger partial charge in [-0.15, -0.1) is 0 Å². The molecule has 0 aromatic heterocycles. The number of esters is 2. The van der Waals surface area contributed by atoms with Crippen molar-refractivity contribution in [2.75, 3.05) is 52.9 Å². The third kappa shape index (κ3) is 35.3. The molecule has 0 saturated heterocycles. The molecule has 0 rings (SSSR count). The quantitative estimate of drug-likeness (QED) is 0.0273. The summed E-state index contributed by atoms with van der Waals surface area (Å²) in [7, 11) is 0. The number of hydrogen-bond acceptors (Lipinski definition) is 14. The van der Waals surface area contributed by atoms with Gasteiger partial charge in [0.15, 0.2) is 0 Å². The van der Waals surface area contributed by atoms with E-state index >= 15 is 0 Å². The molecule has 0 aliphatic carbocycles. The molecule has 0 atom stereocenters. The van der Waals surface area contributed by atoms with Crippen LogP contribution in [-0.4, -0.2) is 191 Å². The van der Waals surface area contributed by atoms with Crippen LogP contribution in [0.3, 0.4) is 0 Å². The van der Waals surface area contributed by atoms with Crippen molar-refractivity contribution in [1.29, 1.82) is 0 Å². The SMILES string of the molecule is C=C(C)C(=O)OCC(CO)(CO)CO.C=C(C)C(=O)OCC(CO)(CO)CO.O=C(O)CCCCC(=O)O.O=C(O)CCCCC(=O)O.[KH]. The Morgan fingerprint density at radius 3 is 0.776 bits per heavy atom. The van der Waals surface area contributed by atoms with Crippen LogP contribution in [0.4, 0.5) is 0 Å². The zero-order chi connectivity index (χ0) is 38.3. The normalized spacial score (nSPS) is 10.1. The molecule has 0 aromatic carbocycles. The van der Waals surface area contributed by atoms with Crippen LogP contribution in [0, 0.1) is 10.8 Å². The Kier molecular flexibility index (Phi) is 39.1. The molecule has 19 heteroatoms. The van der Waals surface area contributed by atoms with Crippen LogP contribution in [0.15, 0.2) is 24.3 Å². The van der Waals surface area contributed by atoms with Crippen molar-refractivity contribution in [3.05, 3.63) is 24.3 Å². The van der Waals surface area contributed by atoms with Crippen molar-refractivity contribution in [2.45, 2.75) is 65.2 Å². The molecule has 0 aliphatic rings. The molecule has 0 radical (unpaired) electrons. The van der Waals surface area contributed by atoms with E-state index in [9.17, 15) is 28.8 Å². The molecule has 0 amide bonds. The van der Waals surface area contributed by atoms with Gasteiger partial charge in [0.25, 0.3) is 0 Å². The van der Waals surface area contributed by atoms with Gasteiger partial charge >= 0.3 is 87.2 Å². The van der Waals surface area contributed by atoms with E-state index < -0.39 is 86.3 Å². The van der Waals surface area contributed by atoms with Crippen molar-refractivity contribution in [1.82, 2.24) is 0 Å². The van der Waals surface area contributed by atoms with Gasteiger partial charge in [0.1, 0.15) is 13.2 Å². The standard InChI is InChI=1S/2C9H16O5.2C6H10O4.K.H/c2*1-7(2)8(13)14-6-9(3-10,4-11)5-12;2*7-5(8)3-1-2-4-6(9)10;;/h2*10-12H,1,3-6H2,2H3;2*1-4H2,(H,7,8)(H,9,10);;. The molecule has 282 valence electrons. The Labute approximate surface area is 327 Å². The monoisotopic (exact) mass is 740 g/mol. The molecule has 0 unspecified atom stereocenters. The first kappa shape index (κ1) is 56.1. The maximum absolute atomic E-state index is 11.0. The van der Waals surface area contributed by atoms with Gasteiger partial charge in [0.05, 0.1) is 50.5 Å². The van der Waals surface area contributed by atoms with Gasteiger partial charge in [-0.3, -0.25) is 19.2 Å². The van der Waals surface area contributed by atoms with Gasteiger partial charge in [-0.25, -0.2) is 9.59 Å². The Balaban J connectivity index is -0.000000177. The van der Waals surface area contributed by atoms with E-state index in [0.717, 1.165) is 0 Å². The van der Waals surface area contributed by atoms with E-state index in [2.05, 4.69) is 13.2 Å². The maximum atomic E-state index is 11.0. The first-order valence-electron chi connectivity index (χ1n) is 14.5. The van der Waals surface area contributed by atoms with E-state index in [-0.39, 0.29) is 101 Å². The minimum atomic E-state index is -1.18. The third-order valence-electron chi connectivity index (χ3n) is 5.79. The Bertz CT molecular complexity index is 863. The fraction of sp³-hybridized carbons (Fsp3) is 0.667. The number of carboxylic acids is 4. The molecule has 0 spiro atoms.